The van der Waals surface area contributed by atoms with Crippen molar-refractivity contribution in [2.45, 2.75) is 32.9 Å². The van der Waals surface area contributed by atoms with Crippen molar-refractivity contribution in [3.8, 4) is 0 Å². The number of hydrogen-bond acceptors (Lipinski definition) is 5. The molecule has 0 aromatic carbocycles. The lowest BCUT2D eigenvalue weighted by Gasteiger charge is -2.14. The minimum atomic E-state index is 0.471. The van der Waals surface area contributed by atoms with E-state index in [9.17, 15) is 0 Å². The molecule has 0 amide bonds. The lowest BCUT2D eigenvalue weighted by Crippen LogP contribution is -2.22. The van der Waals surface area contributed by atoms with Crippen LogP contribution in [0.25, 0.3) is 0 Å². The van der Waals surface area contributed by atoms with Crippen LogP contribution in [0.4, 0.5) is 0 Å². The molecule has 6 nitrogen and oxygen atoms in total. The fraction of sp³-hybridized carbons (Fsp3) is 0.583. The van der Waals surface area contributed by atoms with Crippen molar-refractivity contribution >= 4 is 0 Å². The van der Waals surface area contributed by atoms with Crippen molar-refractivity contribution in [2.75, 3.05) is 13.1 Å². The molecule has 0 aliphatic carbocycles. The van der Waals surface area contributed by atoms with Crippen LogP contribution in [-0.4, -0.2) is 38.1 Å². The summed E-state index contributed by atoms with van der Waals surface area (Å²) in [6.45, 7) is 6.88. The monoisotopic (exact) mass is 247 g/mol. The average Bonchev–Trinajstić information content (AvgIpc) is 3.03. The zero-order valence-corrected chi connectivity index (χ0v) is 10.7. The molecule has 0 saturated carbocycles. The van der Waals surface area contributed by atoms with Gasteiger partial charge >= 0.3 is 0 Å². The molecule has 1 aliphatic rings. The molecule has 2 aromatic heterocycles. The van der Waals surface area contributed by atoms with Crippen LogP contribution in [0.15, 0.2) is 17.0 Å². The minimum absolute atomic E-state index is 0.471. The topological polar surface area (TPSA) is 60.0 Å². The molecule has 2 aromatic rings. The van der Waals surface area contributed by atoms with Crippen LogP contribution in [-0.2, 0) is 6.54 Å². The maximum atomic E-state index is 4.73. The lowest BCUT2D eigenvalue weighted by molar-refractivity contribution is 0.277. The third-order valence-electron chi connectivity index (χ3n) is 3.47. The summed E-state index contributed by atoms with van der Waals surface area (Å²) in [7, 11) is 0. The van der Waals surface area contributed by atoms with E-state index in [0.29, 0.717) is 6.04 Å². The minimum Gasteiger partial charge on any atom is -0.295 e. The molecule has 0 bridgehead atoms. The number of aromatic nitrogens is 4. The summed E-state index contributed by atoms with van der Waals surface area (Å²) in [6, 6.07) is 0.471. The number of nitrogens with zero attached hydrogens (tertiary/aromatic N) is 5. The van der Waals surface area contributed by atoms with Crippen LogP contribution in [0.2, 0.25) is 0 Å². The fourth-order valence-electron chi connectivity index (χ4n) is 2.41. The third-order valence-corrected chi connectivity index (χ3v) is 3.47. The van der Waals surface area contributed by atoms with Crippen molar-refractivity contribution in [1.82, 2.24) is 25.0 Å². The van der Waals surface area contributed by atoms with Gasteiger partial charge in [-0.05, 0) is 25.8 Å². The molecule has 0 radical (unpaired) electrons. The zero-order valence-electron chi connectivity index (χ0n) is 10.7. The number of rotatable bonds is 3. The highest BCUT2D eigenvalue weighted by Crippen LogP contribution is 2.22. The van der Waals surface area contributed by atoms with Gasteiger partial charge in [0.1, 0.15) is 11.4 Å². The van der Waals surface area contributed by atoms with E-state index < -0.39 is 0 Å². The van der Waals surface area contributed by atoms with Crippen LogP contribution in [0.1, 0.15) is 29.4 Å². The third kappa shape index (κ3) is 2.15. The molecular formula is C12H17N5O. The van der Waals surface area contributed by atoms with E-state index in [-0.39, 0.29) is 0 Å². The van der Waals surface area contributed by atoms with Gasteiger partial charge in [0.15, 0.2) is 0 Å². The molecular weight excluding hydrogens is 230 g/mol. The standard InChI is InChI=1S/C12H17N5O/c1-9-5-13-17(6-9)11-3-4-16(7-11)8-12-10(2)14-18-15-12/h5-6,11H,3-4,7-8H2,1-2H3. The Bertz CT molecular complexity index is 532. The van der Waals surface area contributed by atoms with Gasteiger partial charge in [0.25, 0.3) is 0 Å². The molecule has 1 fully saturated rings. The molecule has 1 saturated heterocycles. The maximum Gasteiger partial charge on any atom is 0.122 e. The number of hydrogen-bond donors (Lipinski definition) is 0. The van der Waals surface area contributed by atoms with Crippen LogP contribution < -0.4 is 0 Å². The summed E-state index contributed by atoms with van der Waals surface area (Å²) in [5.74, 6) is 0. The predicted molar refractivity (Wildman–Crippen MR) is 64.9 cm³/mol. The Kier molecular flexibility index (Phi) is 2.87. The Morgan fingerprint density at radius 2 is 2.28 bits per heavy atom. The van der Waals surface area contributed by atoms with Gasteiger partial charge in [-0.1, -0.05) is 10.3 Å². The first-order valence-electron chi connectivity index (χ1n) is 6.23. The van der Waals surface area contributed by atoms with E-state index >= 15 is 0 Å². The van der Waals surface area contributed by atoms with Crippen LogP contribution in [0.3, 0.4) is 0 Å². The molecule has 3 heterocycles. The first-order chi connectivity index (χ1) is 8.72. The second-order valence-corrected chi connectivity index (χ2v) is 4.97. The molecule has 1 aliphatic heterocycles. The lowest BCUT2D eigenvalue weighted by atomic mass is 10.3. The number of likely N-dealkylation sites (tertiary alicyclic amines) is 1. The second kappa shape index (κ2) is 4.53. The summed E-state index contributed by atoms with van der Waals surface area (Å²) in [4.78, 5) is 2.37. The van der Waals surface area contributed by atoms with Gasteiger partial charge in [0, 0.05) is 25.8 Å². The Labute approximate surface area is 106 Å². The van der Waals surface area contributed by atoms with Gasteiger partial charge in [0.05, 0.1) is 12.2 Å². The highest BCUT2D eigenvalue weighted by atomic mass is 16.6. The second-order valence-electron chi connectivity index (χ2n) is 4.97. The molecule has 0 N–H and O–H groups in total. The Balaban J connectivity index is 1.63. The van der Waals surface area contributed by atoms with Crippen molar-refractivity contribution in [3.63, 3.8) is 0 Å². The normalized spacial score (nSPS) is 20.7. The van der Waals surface area contributed by atoms with E-state index in [1.807, 2.05) is 13.1 Å². The van der Waals surface area contributed by atoms with E-state index in [1.54, 1.807) is 0 Å². The summed E-state index contributed by atoms with van der Waals surface area (Å²) in [5.41, 5.74) is 3.03. The van der Waals surface area contributed by atoms with Gasteiger partial charge in [-0.25, -0.2) is 4.63 Å². The van der Waals surface area contributed by atoms with Crippen molar-refractivity contribution in [3.05, 3.63) is 29.3 Å². The van der Waals surface area contributed by atoms with Gasteiger partial charge in [-0.15, -0.1) is 0 Å². The van der Waals surface area contributed by atoms with Crippen LogP contribution in [0.5, 0.6) is 0 Å². The Morgan fingerprint density at radius 1 is 1.39 bits per heavy atom. The Hall–Kier alpha value is -1.69. The van der Waals surface area contributed by atoms with Crippen LogP contribution >= 0.6 is 0 Å². The first-order valence-corrected chi connectivity index (χ1v) is 6.23. The summed E-state index contributed by atoms with van der Waals surface area (Å²) >= 11 is 0. The fourth-order valence-corrected chi connectivity index (χ4v) is 2.41. The SMILES string of the molecule is Cc1cnn(C2CCN(Cc3nonc3C)C2)c1. The van der Waals surface area contributed by atoms with Gasteiger partial charge in [-0.2, -0.15) is 5.10 Å². The van der Waals surface area contributed by atoms with E-state index in [4.69, 9.17) is 4.63 Å². The van der Waals surface area contributed by atoms with Crippen molar-refractivity contribution < 1.29 is 4.63 Å². The van der Waals surface area contributed by atoms with E-state index in [0.717, 1.165) is 37.4 Å². The summed E-state index contributed by atoms with van der Waals surface area (Å²) < 4.78 is 6.80. The van der Waals surface area contributed by atoms with E-state index in [1.165, 1.54) is 5.56 Å². The van der Waals surface area contributed by atoms with Crippen molar-refractivity contribution in [1.29, 1.82) is 0 Å². The molecule has 3 rings (SSSR count). The largest absolute Gasteiger partial charge is 0.295 e. The molecule has 1 unspecified atom stereocenters. The smallest absolute Gasteiger partial charge is 0.122 e. The average molecular weight is 247 g/mol. The number of aryl methyl sites for hydroxylation is 2. The Morgan fingerprint density at radius 3 is 2.94 bits per heavy atom. The molecule has 18 heavy (non-hydrogen) atoms. The van der Waals surface area contributed by atoms with Crippen molar-refractivity contribution in [2.24, 2.45) is 0 Å². The molecule has 1 atom stereocenters. The highest BCUT2D eigenvalue weighted by Gasteiger charge is 2.25. The van der Waals surface area contributed by atoms with Gasteiger partial charge in [-0.3, -0.25) is 9.58 Å². The predicted octanol–water partition coefficient (Wildman–Crippen LogP) is 1.33. The van der Waals surface area contributed by atoms with Crippen LogP contribution in [0, 0.1) is 13.8 Å². The quantitative estimate of drug-likeness (QED) is 0.819. The van der Waals surface area contributed by atoms with Gasteiger partial charge < -0.3 is 0 Å². The highest BCUT2D eigenvalue weighted by molar-refractivity contribution is 5.05. The van der Waals surface area contributed by atoms with Gasteiger partial charge in [0.2, 0.25) is 0 Å². The molecule has 96 valence electrons. The summed E-state index contributed by atoms with van der Waals surface area (Å²) in [5, 5.41) is 12.1. The first kappa shape index (κ1) is 11.4. The van der Waals surface area contributed by atoms with E-state index in [2.05, 4.69) is 38.1 Å². The molecule has 0 spiro atoms. The zero-order chi connectivity index (χ0) is 12.5. The maximum absolute atomic E-state index is 4.73. The molecule has 6 heteroatoms. The summed E-state index contributed by atoms with van der Waals surface area (Å²) in [6.07, 6.45) is 5.15.